The number of aliphatic carboxylic acids is 1. The number of aromatic nitrogens is 1. The summed E-state index contributed by atoms with van der Waals surface area (Å²) in [7, 11) is 1.34. The Morgan fingerprint density at radius 3 is 2.78 bits per heavy atom. The number of pyridine rings is 1. The summed E-state index contributed by atoms with van der Waals surface area (Å²) in [4.78, 5) is 26.2. The third-order valence-electron chi connectivity index (χ3n) is 2.06. The van der Waals surface area contributed by atoms with E-state index in [9.17, 15) is 9.59 Å². The summed E-state index contributed by atoms with van der Waals surface area (Å²) in [6.45, 7) is -0.142. The van der Waals surface area contributed by atoms with E-state index < -0.39 is 17.9 Å². The smallest absolute Gasteiger partial charge is 0.328 e. The second kappa shape index (κ2) is 6.32. The van der Waals surface area contributed by atoms with E-state index in [0.717, 1.165) is 0 Å². The Labute approximate surface area is 103 Å². The number of carboxylic acids is 1. The van der Waals surface area contributed by atoms with Crippen LogP contribution in [-0.4, -0.2) is 41.7 Å². The van der Waals surface area contributed by atoms with Crippen LogP contribution in [0.4, 0.5) is 0 Å². The normalized spacial score (nSPS) is 11.3. The maximum absolute atomic E-state index is 11.7. The SMILES string of the molecule is COCC(NC(=O)c1ccc(C#N)cn1)C(=O)O. The lowest BCUT2D eigenvalue weighted by atomic mass is 10.2. The van der Waals surface area contributed by atoms with Crippen LogP contribution >= 0.6 is 0 Å². The van der Waals surface area contributed by atoms with Crippen molar-refractivity contribution in [2.24, 2.45) is 0 Å². The van der Waals surface area contributed by atoms with Crippen molar-refractivity contribution >= 4 is 11.9 Å². The number of nitrogens with zero attached hydrogens (tertiary/aromatic N) is 2. The van der Waals surface area contributed by atoms with Gasteiger partial charge in [-0.25, -0.2) is 9.78 Å². The second-order valence-corrected chi connectivity index (χ2v) is 3.36. The largest absolute Gasteiger partial charge is 0.480 e. The van der Waals surface area contributed by atoms with Crippen molar-refractivity contribution in [1.29, 1.82) is 5.26 Å². The predicted octanol–water partition coefficient (Wildman–Crippen LogP) is -0.217. The molecule has 1 atom stereocenters. The Hall–Kier alpha value is -2.46. The van der Waals surface area contributed by atoms with Crippen LogP contribution in [0.15, 0.2) is 18.3 Å². The first kappa shape index (κ1) is 13.6. The molecule has 1 unspecified atom stereocenters. The molecule has 0 bridgehead atoms. The molecule has 18 heavy (non-hydrogen) atoms. The molecular weight excluding hydrogens is 238 g/mol. The molecule has 7 nitrogen and oxygen atoms in total. The Morgan fingerprint density at radius 1 is 1.61 bits per heavy atom. The third-order valence-corrected chi connectivity index (χ3v) is 2.06. The number of nitriles is 1. The fraction of sp³-hybridized carbons (Fsp3) is 0.273. The number of hydrogen-bond donors (Lipinski definition) is 2. The highest BCUT2D eigenvalue weighted by Gasteiger charge is 2.20. The van der Waals surface area contributed by atoms with E-state index in [1.54, 1.807) is 0 Å². The van der Waals surface area contributed by atoms with E-state index in [4.69, 9.17) is 10.4 Å². The lowest BCUT2D eigenvalue weighted by Gasteiger charge is -2.12. The van der Waals surface area contributed by atoms with Gasteiger partial charge in [0.1, 0.15) is 11.8 Å². The Balaban J connectivity index is 2.74. The van der Waals surface area contributed by atoms with Crippen LogP contribution in [0.1, 0.15) is 16.1 Å². The average Bonchev–Trinajstić information content (AvgIpc) is 2.38. The Bertz CT molecular complexity index is 478. The van der Waals surface area contributed by atoms with Gasteiger partial charge in [0.25, 0.3) is 5.91 Å². The second-order valence-electron chi connectivity index (χ2n) is 3.36. The van der Waals surface area contributed by atoms with Crippen molar-refractivity contribution < 1.29 is 19.4 Å². The molecule has 0 aromatic carbocycles. The van der Waals surface area contributed by atoms with Gasteiger partial charge in [-0.05, 0) is 12.1 Å². The van der Waals surface area contributed by atoms with Gasteiger partial charge in [-0.2, -0.15) is 5.26 Å². The highest BCUT2D eigenvalue weighted by Crippen LogP contribution is 1.99. The molecule has 1 heterocycles. The van der Waals surface area contributed by atoms with E-state index in [1.807, 2.05) is 6.07 Å². The molecule has 0 fully saturated rings. The molecule has 0 spiro atoms. The summed E-state index contributed by atoms with van der Waals surface area (Å²) < 4.78 is 4.68. The lowest BCUT2D eigenvalue weighted by molar-refractivity contribution is -0.140. The Kier molecular flexibility index (Phi) is 4.78. The van der Waals surface area contributed by atoms with E-state index >= 15 is 0 Å². The summed E-state index contributed by atoms with van der Waals surface area (Å²) in [5.74, 6) is -1.83. The van der Waals surface area contributed by atoms with Crippen molar-refractivity contribution in [2.75, 3.05) is 13.7 Å². The van der Waals surface area contributed by atoms with Crippen molar-refractivity contribution in [2.45, 2.75) is 6.04 Å². The van der Waals surface area contributed by atoms with Crippen LogP contribution in [0.25, 0.3) is 0 Å². The predicted molar refractivity (Wildman–Crippen MR) is 59.7 cm³/mol. The van der Waals surface area contributed by atoms with Gasteiger partial charge in [0.05, 0.1) is 12.2 Å². The van der Waals surface area contributed by atoms with Gasteiger partial charge in [-0.15, -0.1) is 0 Å². The van der Waals surface area contributed by atoms with Gasteiger partial charge in [0.15, 0.2) is 6.04 Å². The minimum Gasteiger partial charge on any atom is -0.480 e. The van der Waals surface area contributed by atoms with E-state index in [2.05, 4.69) is 15.0 Å². The molecule has 1 aromatic rings. The molecular formula is C11H11N3O4. The number of carboxylic acid groups (broad SMARTS) is 1. The molecule has 1 rings (SSSR count). The van der Waals surface area contributed by atoms with Crippen LogP contribution in [0.2, 0.25) is 0 Å². The zero-order valence-corrected chi connectivity index (χ0v) is 9.58. The van der Waals surface area contributed by atoms with Crippen molar-refractivity contribution in [1.82, 2.24) is 10.3 Å². The van der Waals surface area contributed by atoms with E-state index in [-0.39, 0.29) is 12.3 Å². The zero-order chi connectivity index (χ0) is 13.5. The molecule has 94 valence electrons. The first-order valence-electron chi connectivity index (χ1n) is 4.97. The number of hydrogen-bond acceptors (Lipinski definition) is 5. The Morgan fingerprint density at radius 2 is 2.33 bits per heavy atom. The highest BCUT2D eigenvalue weighted by molar-refractivity contribution is 5.95. The number of rotatable bonds is 5. The molecule has 1 amide bonds. The standard InChI is InChI=1S/C11H11N3O4/c1-18-6-9(11(16)17)14-10(15)8-3-2-7(4-12)5-13-8/h2-3,5,9H,6H2,1H3,(H,14,15)(H,16,17). The van der Waals surface area contributed by atoms with Gasteiger partial charge < -0.3 is 15.2 Å². The highest BCUT2D eigenvalue weighted by atomic mass is 16.5. The molecule has 0 aliphatic carbocycles. The minimum atomic E-state index is -1.20. The zero-order valence-electron chi connectivity index (χ0n) is 9.58. The van der Waals surface area contributed by atoms with Gasteiger partial charge in [0, 0.05) is 13.3 Å². The summed E-state index contributed by atoms with van der Waals surface area (Å²) in [5.41, 5.74) is 0.356. The van der Waals surface area contributed by atoms with Crippen molar-refractivity contribution in [3.05, 3.63) is 29.6 Å². The summed E-state index contributed by atoms with van der Waals surface area (Å²) >= 11 is 0. The van der Waals surface area contributed by atoms with Crippen molar-refractivity contribution in [3.8, 4) is 6.07 Å². The van der Waals surface area contributed by atoms with Gasteiger partial charge >= 0.3 is 5.97 Å². The van der Waals surface area contributed by atoms with Crippen LogP contribution in [0.3, 0.4) is 0 Å². The number of methoxy groups -OCH3 is 1. The molecule has 7 heteroatoms. The quantitative estimate of drug-likeness (QED) is 0.746. The molecule has 0 aliphatic rings. The minimum absolute atomic E-state index is 0.0383. The molecule has 0 saturated carbocycles. The summed E-state index contributed by atoms with van der Waals surface area (Å²) in [6.07, 6.45) is 1.24. The number of ether oxygens (including phenoxy) is 1. The van der Waals surface area contributed by atoms with Crippen LogP contribution in [0, 0.1) is 11.3 Å². The number of amides is 1. The molecule has 2 N–H and O–H groups in total. The molecule has 0 saturated heterocycles. The van der Waals surface area contributed by atoms with Gasteiger partial charge in [-0.3, -0.25) is 4.79 Å². The maximum atomic E-state index is 11.7. The van der Waals surface area contributed by atoms with Crippen molar-refractivity contribution in [3.63, 3.8) is 0 Å². The van der Waals surface area contributed by atoms with E-state index in [1.165, 1.54) is 25.4 Å². The summed E-state index contributed by atoms with van der Waals surface area (Å²) in [6, 6.07) is 3.50. The van der Waals surface area contributed by atoms with Crippen LogP contribution < -0.4 is 5.32 Å². The summed E-state index contributed by atoms with van der Waals surface area (Å²) in [5, 5.41) is 19.7. The number of nitrogens with one attached hydrogen (secondary N) is 1. The maximum Gasteiger partial charge on any atom is 0.328 e. The van der Waals surface area contributed by atoms with Gasteiger partial charge in [-0.1, -0.05) is 0 Å². The fourth-order valence-corrected chi connectivity index (χ4v) is 1.17. The molecule has 1 aromatic heterocycles. The van der Waals surface area contributed by atoms with Crippen LogP contribution in [0.5, 0.6) is 0 Å². The first-order chi connectivity index (χ1) is 8.58. The van der Waals surface area contributed by atoms with Gasteiger partial charge in [0.2, 0.25) is 0 Å². The third kappa shape index (κ3) is 3.54. The topological polar surface area (TPSA) is 112 Å². The monoisotopic (exact) mass is 249 g/mol. The molecule has 0 aliphatic heterocycles. The average molecular weight is 249 g/mol. The number of carbonyl (C=O) groups excluding carboxylic acids is 1. The molecule has 0 radical (unpaired) electrons. The lowest BCUT2D eigenvalue weighted by Crippen LogP contribution is -2.44. The van der Waals surface area contributed by atoms with E-state index in [0.29, 0.717) is 5.56 Å². The first-order valence-corrected chi connectivity index (χ1v) is 4.97. The fourth-order valence-electron chi connectivity index (χ4n) is 1.17. The number of carbonyl (C=O) groups is 2. The van der Waals surface area contributed by atoms with Crippen LogP contribution in [-0.2, 0) is 9.53 Å².